The largest absolute Gasteiger partial charge is 0.359 e. The van der Waals surface area contributed by atoms with Crippen molar-refractivity contribution in [1.82, 2.24) is 14.5 Å². The van der Waals surface area contributed by atoms with Gasteiger partial charge in [0, 0.05) is 32.5 Å². The number of likely N-dealkylation sites (tertiary alicyclic amines) is 1. The quantitative estimate of drug-likeness (QED) is 0.777. The van der Waals surface area contributed by atoms with Crippen molar-refractivity contribution in [3.05, 3.63) is 12.4 Å². The first kappa shape index (κ1) is 9.52. The lowest BCUT2D eigenvalue weighted by Gasteiger charge is -2.15. The Morgan fingerprint density at radius 1 is 1.36 bits per heavy atom. The maximum absolute atomic E-state index is 4.21. The molecule has 4 heteroatoms. The van der Waals surface area contributed by atoms with Crippen molar-refractivity contribution in [3.8, 4) is 0 Å². The zero-order valence-electron chi connectivity index (χ0n) is 8.74. The van der Waals surface area contributed by atoms with Crippen molar-refractivity contribution >= 4 is 5.95 Å². The first-order valence-electron chi connectivity index (χ1n) is 5.31. The summed E-state index contributed by atoms with van der Waals surface area (Å²) in [6.45, 7) is 4.72. The predicted octanol–water partition coefficient (Wildman–Crippen LogP) is 1.02. The molecular formula is C10H18N4. The molecule has 2 heterocycles. The van der Waals surface area contributed by atoms with Gasteiger partial charge in [-0.2, -0.15) is 0 Å². The molecule has 1 aliphatic heterocycles. The molecule has 0 bridgehead atoms. The average molecular weight is 194 g/mol. The van der Waals surface area contributed by atoms with E-state index in [0.29, 0.717) is 0 Å². The van der Waals surface area contributed by atoms with E-state index in [2.05, 4.69) is 19.8 Å². The third-order valence-corrected chi connectivity index (χ3v) is 2.79. The Hall–Kier alpha value is -1.03. The Kier molecular flexibility index (Phi) is 3.03. The van der Waals surface area contributed by atoms with E-state index in [1.807, 2.05) is 19.4 Å². The van der Waals surface area contributed by atoms with Crippen molar-refractivity contribution in [3.63, 3.8) is 0 Å². The summed E-state index contributed by atoms with van der Waals surface area (Å²) in [5.41, 5.74) is 0. The van der Waals surface area contributed by atoms with Crippen LogP contribution in [0.4, 0.5) is 5.95 Å². The molecule has 0 radical (unpaired) electrons. The van der Waals surface area contributed by atoms with Crippen LogP contribution in [0.2, 0.25) is 0 Å². The van der Waals surface area contributed by atoms with Crippen molar-refractivity contribution < 1.29 is 0 Å². The van der Waals surface area contributed by atoms with Crippen LogP contribution in [0.25, 0.3) is 0 Å². The molecule has 0 amide bonds. The van der Waals surface area contributed by atoms with Crippen LogP contribution in [0.1, 0.15) is 12.8 Å². The molecule has 4 nitrogen and oxygen atoms in total. The van der Waals surface area contributed by atoms with Crippen molar-refractivity contribution in [2.75, 3.05) is 32.0 Å². The van der Waals surface area contributed by atoms with Crippen molar-refractivity contribution in [2.45, 2.75) is 19.4 Å². The smallest absolute Gasteiger partial charge is 0.202 e. The normalized spacial score (nSPS) is 17.5. The third-order valence-electron chi connectivity index (χ3n) is 2.79. The lowest BCUT2D eigenvalue weighted by Crippen LogP contribution is -2.24. The number of rotatable bonds is 4. The zero-order chi connectivity index (χ0) is 9.80. The fourth-order valence-corrected chi connectivity index (χ4v) is 1.97. The molecule has 2 rings (SSSR count). The van der Waals surface area contributed by atoms with E-state index in [0.717, 1.165) is 19.0 Å². The van der Waals surface area contributed by atoms with Crippen molar-refractivity contribution in [1.29, 1.82) is 0 Å². The van der Waals surface area contributed by atoms with Gasteiger partial charge in [-0.1, -0.05) is 0 Å². The highest BCUT2D eigenvalue weighted by molar-refractivity contribution is 5.23. The van der Waals surface area contributed by atoms with E-state index in [9.17, 15) is 0 Å². The molecule has 14 heavy (non-hydrogen) atoms. The minimum atomic E-state index is 0.962. The van der Waals surface area contributed by atoms with E-state index in [1.54, 1.807) is 0 Å². The van der Waals surface area contributed by atoms with Crippen LogP contribution in [0.3, 0.4) is 0 Å². The van der Waals surface area contributed by atoms with E-state index in [-0.39, 0.29) is 0 Å². The molecule has 0 saturated carbocycles. The number of nitrogens with one attached hydrogen (secondary N) is 1. The highest BCUT2D eigenvalue weighted by atomic mass is 15.2. The zero-order valence-corrected chi connectivity index (χ0v) is 8.74. The Bertz CT molecular complexity index is 275. The topological polar surface area (TPSA) is 33.1 Å². The van der Waals surface area contributed by atoms with Gasteiger partial charge in [0.15, 0.2) is 0 Å². The molecule has 1 aliphatic rings. The molecule has 1 saturated heterocycles. The SMILES string of the molecule is CNc1nccn1CCN1CCCC1. The number of anilines is 1. The number of hydrogen-bond acceptors (Lipinski definition) is 3. The second kappa shape index (κ2) is 4.46. The van der Waals surface area contributed by atoms with E-state index >= 15 is 0 Å². The average Bonchev–Trinajstić information content (AvgIpc) is 2.85. The van der Waals surface area contributed by atoms with Gasteiger partial charge in [-0.15, -0.1) is 0 Å². The van der Waals surface area contributed by atoms with Crippen LogP contribution in [0.15, 0.2) is 12.4 Å². The van der Waals surface area contributed by atoms with Gasteiger partial charge in [-0.25, -0.2) is 4.98 Å². The van der Waals surface area contributed by atoms with Gasteiger partial charge in [-0.05, 0) is 25.9 Å². The van der Waals surface area contributed by atoms with Gasteiger partial charge >= 0.3 is 0 Å². The lowest BCUT2D eigenvalue weighted by molar-refractivity contribution is 0.323. The molecule has 1 fully saturated rings. The van der Waals surface area contributed by atoms with Gasteiger partial charge in [0.25, 0.3) is 0 Å². The second-order valence-electron chi connectivity index (χ2n) is 3.74. The molecule has 0 aromatic carbocycles. The number of imidazole rings is 1. The molecule has 1 N–H and O–H groups in total. The van der Waals surface area contributed by atoms with Gasteiger partial charge < -0.3 is 14.8 Å². The van der Waals surface area contributed by atoms with E-state index in [4.69, 9.17) is 0 Å². The summed E-state index contributed by atoms with van der Waals surface area (Å²) in [6, 6.07) is 0. The highest BCUT2D eigenvalue weighted by Crippen LogP contribution is 2.08. The third kappa shape index (κ3) is 2.07. The Balaban J connectivity index is 1.84. The number of nitrogens with zero attached hydrogens (tertiary/aromatic N) is 3. The van der Waals surface area contributed by atoms with Gasteiger partial charge in [-0.3, -0.25) is 0 Å². The van der Waals surface area contributed by atoms with Crippen LogP contribution in [0, 0.1) is 0 Å². The summed E-state index contributed by atoms with van der Waals surface area (Å²) in [6.07, 6.45) is 6.60. The second-order valence-corrected chi connectivity index (χ2v) is 3.74. The molecular weight excluding hydrogens is 176 g/mol. The predicted molar refractivity (Wildman–Crippen MR) is 57.4 cm³/mol. The molecule has 1 aromatic heterocycles. The van der Waals surface area contributed by atoms with Gasteiger partial charge in [0.2, 0.25) is 5.95 Å². The molecule has 0 unspecified atom stereocenters. The van der Waals surface area contributed by atoms with Crippen LogP contribution >= 0.6 is 0 Å². The summed E-state index contributed by atoms with van der Waals surface area (Å²) >= 11 is 0. The maximum Gasteiger partial charge on any atom is 0.202 e. The first-order valence-corrected chi connectivity index (χ1v) is 5.31. The fraction of sp³-hybridized carbons (Fsp3) is 0.700. The number of hydrogen-bond donors (Lipinski definition) is 1. The van der Waals surface area contributed by atoms with E-state index < -0.39 is 0 Å². The van der Waals surface area contributed by atoms with Crippen molar-refractivity contribution in [2.24, 2.45) is 0 Å². The van der Waals surface area contributed by atoms with Gasteiger partial charge in [0.05, 0.1) is 0 Å². The lowest BCUT2D eigenvalue weighted by atomic mass is 10.4. The molecule has 78 valence electrons. The highest BCUT2D eigenvalue weighted by Gasteiger charge is 2.11. The molecule has 0 spiro atoms. The first-order chi connectivity index (χ1) is 6.90. The molecule has 1 aromatic rings. The summed E-state index contributed by atoms with van der Waals surface area (Å²) < 4.78 is 2.16. The van der Waals surface area contributed by atoms with Crippen LogP contribution in [0.5, 0.6) is 0 Å². The summed E-state index contributed by atoms with van der Waals surface area (Å²) in [5.74, 6) is 0.962. The Morgan fingerprint density at radius 3 is 2.86 bits per heavy atom. The monoisotopic (exact) mass is 194 g/mol. The Labute approximate surface area is 84.9 Å². The minimum absolute atomic E-state index is 0.962. The molecule has 0 atom stereocenters. The standard InChI is InChI=1S/C10H18N4/c1-11-10-12-4-7-14(10)9-8-13-5-2-3-6-13/h4,7H,2-3,5-6,8-9H2,1H3,(H,11,12). The summed E-state index contributed by atoms with van der Waals surface area (Å²) in [7, 11) is 1.91. The molecule has 0 aliphatic carbocycles. The van der Waals surface area contributed by atoms with Crippen LogP contribution in [-0.4, -0.2) is 41.1 Å². The summed E-state index contributed by atoms with van der Waals surface area (Å²) in [5, 5.41) is 3.08. The van der Waals surface area contributed by atoms with Crippen LogP contribution < -0.4 is 5.32 Å². The minimum Gasteiger partial charge on any atom is -0.359 e. The summed E-state index contributed by atoms with van der Waals surface area (Å²) in [4.78, 5) is 6.73. The fourth-order valence-electron chi connectivity index (χ4n) is 1.97. The Morgan fingerprint density at radius 2 is 2.14 bits per heavy atom. The number of aromatic nitrogens is 2. The van der Waals surface area contributed by atoms with Crippen LogP contribution in [-0.2, 0) is 6.54 Å². The maximum atomic E-state index is 4.21. The van der Waals surface area contributed by atoms with Gasteiger partial charge in [0.1, 0.15) is 0 Å². The van der Waals surface area contributed by atoms with E-state index in [1.165, 1.54) is 25.9 Å².